The van der Waals surface area contributed by atoms with Crippen LogP contribution in [0.3, 0.4) is 0 Å². The first kappa shape index (κ1) is 17.8. The molecule has 0 bridgehead atoms. The Balaban J connectivity index is 2.14. The number of ether oxygens (including phenoxy) is 1. The van der Waals surface area contributed by atoms with Crippen LogP contribution in [0.25, 0.3) is 11.0 Å². The standard InChI is InChI=1S/C19H18INO4/c1-11-18(25-13-6-4-12(20)5-7-13)17(23)14-8-9-16(22)15(10-21(2)3)19(14)24-11/h4-9,22H,10H2,1-3H3. The third-order valence-electron chi connectivity index (χ3n) is 3.77. The molecule has 0 radical (unpaired) electrons. The van der Waals surface area contributed by atoms with Gasteiger partial charge in [-0.15, -0.1) is 0 Å². The second-order valence-electron chi connectivity index (χ2n) is 6.05. The van der Waals surface area contributed by atoms with Gasteiger partial charge in [-0.1, -0.05) is 0 Å². The molecule has 0 aliphatic heterocycles. The minimum Gasteiger partial charge on any atom is -0.507 e. The molecular formula is C19H18INO4. The number of nitrogens with zero attached hydrogens (tertiary/aromatic N) is 1. The maximum absolute atomic E-state index is 12.9. The van der Waals surface area contributed by atoms with E-state index < -0.39 is 0 Å². The highest BCUT2D eigenvalue weighted by molar-refractivity contribution is 14.1. The van der Waals surface area contributed by atoms with Crippen LogP contribution in [0.15, 0.2) is 45.6 Å². The lowest BCUT2D eigenvalue weighted by molar-refractivity contribution is 0.381. The molecule has 0 spiro atoms. The van der Waals surface area contributed by atoms with Crippen LogP contribution >= 0.6 is 22.6 Å². The average molecular weight is 451 g/mol. The number of aryl methyl sites for hydroxylation is 1. The van der Waals surface area contributed by atoms with Gasteiger partial charge in [0, 0.05) is 10.1 Å². The second kappa shape index (κ2) is 7.05. The molecule has 0 amide bonds. The minimum atomic E-state index is -0.252. The van der Waals surface area contributed by atoms with Crippen molar-refractivity contribution >= 4 is 33.6 Å². The Morgan fingerprint density at radius 2 is 1.84 bits per heavy atom. The van der Waals surface area contributed by atoms with Gasteiger partial charge < -0.3 is 19.2 Å². The normalized spacial score (nSPS) is 11.2. The molecule has 0 aliphatic carbocycles. The molecule has 6 heteroatoms. The molecule has 3 aromatic rings. The van der Waals surface area contributed by atoms with E-state index in [0.29, 0.717) is 34.6 Å². The zero-order valence-electron chi connectivity index (χ0n) is 14.2. The molecule has 25 heavy (non-hydrogen) atoms. The van der Waals surface area contributed by atoms with Crippen molar-refractivity contribution in [3.05, 3.63) is 61.5 Å². The SMILES string of the molecule is Cc1oc2c(CN(C)C)c(O)ccc2c(=O)c1Oc1ccc(I)cc1. The van der Waals surface area contributed by atoms with Crippen LogP contribution in [-0.4, -0.2) is 24.1 Å². The van der Waals surface area contributed by atoms with E-state index in [-0.39, 0.29) is 16.9 Å². The van der Waals surface area contributed by atoms with Crippen LogP contribution in [0.1, 0.15) is 11.3 Å². The third kappa shape index (κ3) is 3.64. The summed E-state index contributed by atoms with van der Waals surface area (Å²) < 4.78 is 12.7. The van der Waals surface area contributed by atoms with Gasteiger partial charge in [-0.05, 0) is 80.0 Å². The maximum atomic E-state index is 12.9. The molecule has 0 unspecified atom stereocenters. The number of fused-ring (bicyclic) bond motifs is 1. The van der Waals surface area contributed by atoms with Gasteiger partial charge in [-0.2, -0.15) is 0 Å². The van der Waals surface area contributed by atoms with Crippen molar-refractivity contribution in [2.45, 2.75) is 13.5 Å². The van der Waals surface area contributed by atoms with Gasteiger partial charge in [0.05, 0.1) is 10.9 Å². The predicted octanol–water partition coefficient (Wildman–Crippen LogP) is 4.27. The molecule has 5 nitrogen and oxygen atoms in total. The first-order valence-electron chi connectivity index (χ1n) is 7.73. The largest absolute Gasteiger partial charge is 0.507 e. The molecule has 130 valence electrons. The quantitative estimate of drug-likeness (QED) is 0.601. The second-order valence-corrected chi connectivity index (χ2v) is 7.30. The molecule has 0 atom stereocenters. The lowest BCUT2D eigenvalue weighted by Crippen LogP contribution is -2.13. The summed E-state index contributed by atoms with van der Waals surface area (Å²) in [6, 6.07) is 10.5. The van der Waals surface area contributed by atoms with Gasteiger partial charge in [0.1, 0.15) is 22.8 Å². The highest BCUT2D eigenvalue weighted by atomic mass is 127. The predicted molar refractivity (Wildman–Crippen MR) is 106 cm³/mol. The number of hydrogen-bond donors (Lipinski definition) is 1. The number of rotatable bonds is 4. The van der Waals surface area contributed by atoms with Crippen LogP contribution in [0, 0.1) is 10.5 Å². The Hall–Kier alpha value is -2.06. The summed E-state index contributed by atoms with van der Waals surface area (Å²) in [5.74, 6) is 1.22. The number of phenols is 1. The van der Waals surface area contributed by atoms with Crippen LogP contribution < -0.4 is 10.2 Å². The topological polar surface area (TPSA) is 62.9 Å². The van der Waals surface area contributed by atoms with E-state index in [9.17, 15) is 9.90 Å². The van der Waals surface area contributed by atoms with E-state index in [1.807, 2.05) is 31.1 Å². The molecule has 1 aromatic heterocycles. The van der Waals surface area contributed by atoms with Gasteiger partial charge in [0.25, 0.3) is 0 Å². The van der Waals surface area contributed by atoms with Crippen molar-refractivity contribution in [3.63, 3.8) is 0 Å². The lowest BCUT2D eigenvalue weighted by Gasteiger charge is -2.14. The zero-order chi connectivity index (χ0) is 18.1. The van der Waals surface area contributed by atoms with Crippen molar-refractivity contribution < 1.29 is 14.3 Å². The molecule has 1 N–H and O–H groups in total. The monoisotopic (exact) mass is 451 g/mol. The van der Waals surface area contributed by atoms with Gasteiger partial charge >= 0.3 is 0 Å². The number of benzene rings is 2. The Kier molecular flexibility index (Phi) is 5.01. The van der Waals surface area contributed by atoms with Crippen molar-refractivity contribution in [2.75, 3.05) is 14.1 Å². The lowest BCUT2D eigenvalue weighted by atomic mass is 10.1. The number of halogens is 1. The Morgan fingerprint density at radius 1 is 1.16 bits per heavy atom. The molecule has 0 aliphatic rings. The molecule has 0 saturated heterocycles. The van der Waals surface area contributed by atoms with E-state index >= 15 is 0 Å². The summed E-state index contributed by atoms with van der Waals surface area (Å²) in [7, 11) is 3.77. The van der Waals surface area contributed by atoms with Crippen molar-refractivity contribution in [1.29, 1.82) is 0 Å². The van der Waals surface area contributed by atoms with Crippen molar-refractivity contribution in [1.82, 2.24) is 4.90 Å². The zero-order valence-corrected chi connectivity index (χ0v) is 16.3. The molecular weight excluding hydrogens is 433 g/mol. The summed E-state index contributed by atoms with van der Waals surface area (Å²) >= 11 is 2.20. The third-order valence-corrected chi connectivity index (χ3v) is 4.49. The maximum Gasteiger partial charge on any atom is 0.235 e. The summed E-state index contributed by atoms with van der Waals surface area (Å²) in [6.07, 6.45) is 0. The Morgan fingerprint density at radius 3 is 2.48 bits per heavy atom. The van der Waals surface area contributed by atoms with Gasteiger partial charge in [-0.3, -0.25) is 4.79 Å². The highest BCUT2D eigenvalue weighted by Crippen LogP contribution is 2.31. The summed E-state index contributed by atoms with van der Waals surface area (Å²) in [6.45, 7) is 2.15. The highest BCUT2D eigenvalue weighted by Gasteiger charge is 2.18. The van der Waals surface area contributed by atoms with Crippen molar-refractivity contribution in [2.24, 2.45) is 0 Å². The molecule has 0 saturated carbocycles. The molecule has 2 aromatic carbocycles. The molecule has 3 rings (SSSR count). The Bertz CT molecular complexity index is 977. The van der Waals surface area contributed by atoms with Gasteiger partial charge in [0.15, 0.2) is 0 Å². The average Bonchev–Trinajstić information content (AvgIpc) is 2.56. The smallest absolute Gasteiger partial charge is 0.235 e. The minimum absolute atomic E-state index is 0.107. The van der Waals surface area contributed by atoms with Crippen LogP contribution in [0.5, 0.6) is 17.2 Å². The van der Waals surface area contributed by atoms with Gasteiger partial charge in [-0.25, -0.2) is 0 Å². The summed E-state index contributed by atoms with van der Waals surface area (Å²) in [4.78, 5) is 14.8. The van der Waals surface area contributed by atoms with E-state index in [1.165, 1.54) is 6.07 Å². The Labute approximate surface area is 159 Å². The number of hydrogen-bond acceptors (Lipinski definition) is 5. The van der Waals surface area contributed by atoms with E-state index in [4.69, 9.17) is 9.15 Å². The van der Waals surface area contributed by atoms with E-state index in [0.717, 1.165) is 3.57 Å². The fraction of sp³-hybridized carbons (Fsp3) is 0.211. The number of aromatic hydroxyl groups is 1. The van der Waals surface area contributed by atoms with Crippen LogP contribution in [0.4, 0.5) is 0 Å². The van der Waals surface area contributed by atoms with E-state index in [2.05, 4.69) is 22.6 Å². The first-order valence-corrected chi connectivity index (χ1v) is 8.81. The van der Waals surface area contributed by atoms with Gasteiger partial charge in [0.2, 0.25) is 11.2 Å². The first-order chi connectivity index (χ1) is 11.9. The van der Waals surface area contributed by atoms with Crippen molar-refractivity contribution in [3.8, 4) is 17.2 Å². The number of phenolic OH excluding ortho intramolecular Hbond substituents is 1. The summed E-state index contributed by atoms with van der Waals surface area (Å²) in [5, 5.41) is 10.5. The van der Waals surface area contributed by atoms with Crippen LogP contribution in [0.2, 0.25) is 0 Å². The molecule has 1 heterocycles. The van der Waals surface area contributed by atoms with E-state index in [1.54, 1.807) is 25.1 Å². The summed E-state index contributed by atoms with van der Waals surface area (Å²) in [5.41, 5.74) is 0.729. The molecule has 0 fully saturated rings. The fourth-order valence-electron chi connectivity index (χ4n) is 2.60. The van der Waals surface area contributed by atoms with Crippen LogP contribution in [-0.2, 0) is 6.54 Å². The fourth-order valence-corrected chi connectivity index (χ4v) is 2.96.